The maximum atomic E-state index is 12.8. The van der Waals surface area contributed by atoms with Crippen molar-refractivity contribution >= 4 is 10.8 Å². The van der Waals surface area contributed by atoms with Gasteiger partial charge in [-0.2, -0.15) is 0 Å². The van der Waals surface area contributed by atoms with Crippen molar-refractivity contribution in [1.82, 2.24) is 4.98 Å². The van der Waals surface area contributed by atoms with Gasteiger partial charge >= 0.3 is 0 Å². The molecule has 0 bridgehead atoms. The van der Waals surface area contributed by atoms with Gasteiger partial charge in [-0.05, 0) is 12.1 Å². The van der Waals surface area contributed by atoms with E-state index in [1.54, 1.807) is 18.2 Å². The smallest absolute Gasteiger partial charge is 0.274 e. The van der Waals surface area contributed by atoms with Crippen molar-refractivity contribution < 1.29 is 18.5 Å². The molecule has 92 valence electrons. The third-order valence-corrected chi connectivity index (χ3v) is 3.52. The Hall–Kier alpha value is -1.36. The summed E-state index contributed by atoms with van der Waals surface area (Å²) in [7, 11) is -1.46. The lowest BCUT2D eigenvalue weighted by Crippen LogP contribution is -2.19. The molecule has 0 amide bonds. The third kappa shape index (κ3) is 2.85. The average Bonchev–Trinajstić information content (AvgIpc) is 2.14. The van der Waals surface area contributed by atoms with Crippen LogP contribution in [0.4, 0.5) is 8.78 Å². The summed E-state index contributed by atoms with van der Waals surface area (Å²) in [4.78, 5) is 4.30. The minimum atomic E-state index is -2.86. The fourth-order valence-electron chi connectivity index (χ4n) is 1.27. The number of hydrogen-bond acceptors (Lipinski definition) is 2. The van der Waals surface area contributed by atoms with Crippen LogP contribution in [0.25, 0.3) is 0 Å². The fourth-order valence-corrected chi connectivity index (χ4v) is 2.37. The zero-order valence-corrected chi connectivity index (χ0v) is 9.85. The first-order valence-corrected chi connectivity index (χ1v) is 5.83. The molecule has 0 spiro atoms. The van der Waals surface area contributed by atoms with Crippen LogP contribution in [0.15, 0.2) is 45.6 Å². The van der Waals surface area contributed by atoms with Crippen molar-refractivity contribution in [2.75, 3.05) is 0 Å². The summed E-state index contributed by atoms with van der Waals surface area (Å²) in [5.41, 5.74) is 2.37. The first-order valence-electron chi connectivity index (χ1n) is 4.68. The van der Waals surface area contributed by atoms with Crippen LogP contribution in [0.2, 0.25) is 0 Å². The number of rotatable bonds is 3. The molecule has 1 aromatic rings. The van der Waals surface area contributed by atoms with Gasteiger partial charge in [-0.25, -0.2) is 18.0 Å². The Bertz CT molecular complexity index is 502. The van der Waals surface area contributed by atoms with Gasteiger partial charge in [0, 0.05) is 25.1 Å². The van der Waals surface area contributed by atoms with Crippen molar-refractivity contribution in [3.63, 3.8) is 0 Å². The zero-order chi connectivity index (χ0) is 11.8. The van der Waals surface area contributed by atoms with Crippen molar-refractivity contribution in [3.05, 3.63) is 40.6 Å². The summed E-state index contributed by atoms with van der Waals surface area (Å²) in [6, 6.07) is 5.02. The molecule has 0 aromatic carbocycles. The molecule has 0 aliphatic heterocycles. The second-order valence-corrected chi connectivity index (χ2v) is 4.98. The van der Waals surface area contributed by atoms with Crippen LogP contribution >= 0.6 is 0 Å². The van der Waals surface area contributed by atoms with Gasteiger partial charge in [0.25, 0.3) is 5.92 Å². The minimum absolute atomic E-state index is 0. The van der Waals surface area contributed by atoms with Crippen LogP contribution in [0.1, 0.15) is 13.3 Å². The Morgan fingerprint density at radius 2 is 2.12 bits per heavy atom. The molecule has 1 aromatic heterocycles. The second kappa shape index (κ2) is 4.87. The Kier molecular flexibility index (Phi) is 3.93. The van der Waals surface area contributed by atoms with Crippen LogP contribution in [0, 0.1) is 0 Å². The van der Waals surface area contributed by atoms with E-state index in [0.717, 1.165) is 6.92 Å². The minimum Gasteiger partial charge on any atom is -0.412 e. The lowest BCUT2D eigenvalue weighted by molar-refractivity contribution is 0.0597. The number of nitrogens with zero attached hydrogens (tertiary/aromatic N) is 1. The number of halogens is 2. The van der Waals surface area contributed by atoms with E-state index >= 15 is 0 Å². The molecule has 2 rings (SSSR count). The first-order chi connectivity index (χ1) is 7.48. The van der Waals surface area contributed by atoms with E-state index in [-0.39, 0.29) is 17.5 Å². The molecule has 1 aliphatic rings. The van der Waals surface area contributed by atoms with Crippen molar-refractivity contribution in [2.24, 2.45) is 0 Å². The van der Waals surface area contributed by atoms with E-state index in [0.29, 0.717) is 9.93 Å². The summed E-state index contributed by atoms with van der Waals surface area (Å²) < 4.78 is 37.3. The normalized spacial score (nSPS) is 16.2. The van der Waals surface area contributed by atoms with Gasteiger partial charge in [0.05, 0.1) is 4.91 Å². The molecule has 0 fully saturated rings. The second-order valence-electron chi connectivity index (χ2n) is 3.53. The Balaban J connectivity index is 0.00000144. The molecule has 0 saturated carbocycles. The molecule has 0 radical (unpaired) electrons. The maximum absolute atomic E-state index is 12.8. The lowest BCUT2D eigenvalue weighted by atomic mass is 10.0. The SMILES string of the molecule is CC(F)(F)C1=C=C(S(=O)c2ccccn2)C1.O. The fraction of sp³-hybridized carbons (Fsp3) is 0.273. The van der Waals surface area contributed by atoms with Gasteiger partial charge in [0.15, 0.2) is 0 Å². The van der Waals surface area contributed by atoms with E-state index in [4.69, 9.17) is 0 Å². The van der Waals surface area contributed by atoms with Crippen LogP contribution in [0.5, 0.6) is 0 Å². The van der Waals surface area contributed by atoms with Gasteiger partial charge in [-0.15, -0.1) is 5.73 Å². The molecular formula is C11H11F2NO2S. The van der Waals surface area contributed by atoms with Crippen molar-refractivity contribution in [1.29, 1.82) is 0 Å². The number of pyridine rings is 1. The maximum Gasteiger partial charge on any atom is 0.274 e. The summed E-state index contributed by atoms with van der Waals surface area (Å²) in [6.07, 6.45) is 1.57. The predicted octanol–water partition coefficient (Wildman–Crippen LogP) is 1.83. The predicted molar refractivity (Wildman–Crippen MR) is 60.0 cm³/mol. The molecule has 1 heterocycles. The van der Waals surface area contributed by atoms with E-state index in [9.17, 15) is 13.0 Å². The number of allylic oxidation sites excluding steroid dienone is 1. The summed E-state index contributed by atoms with van der Waals surface area (Å²) in [5.74, 6) is -2.86. The molecule has 1 atom stereocenters. The van der Waals surface area contributed by atoms with Gasteiger partial charge in [0.1, 0.15) is 15.8 Å². The van der Waals surface area contributed by atoms with Crippen LogP contribution in [0.3, 0.4) is 0 Å². The quantitative estimate of drug-likeness (QED) is 0.777. The van der Waals surface area contributed by atoms with Gasteiger partial charge in [-0.3, -0.25) is 0 Å². The number of hydrogen-bond donors (Lipinski definition) is 0. The van der Waals surface area contributed by atoms with E-state index in [1.165, 1.54) is 6.20 Å². The van der Waals surface area contributed by atoms with E-state index in [2.05, 4.69) is 10.7 Å². The highest BCUT2D eigenvalue weighted by Gasteiger charge is 2.34. The highest BCUT2D eigenvalue weighted by molar-refractivity contribution is 7.89. The number of alkyl halides is 2. The summed E-state index contributed by atoms with van der Waals surface area (Å²) in [6.45, 7) is 0.815. The first kappa shape index (κ1) is 13.7. The molecule has 0 saturated heterocycles. The molecular weight excluding hydrogens is 248 g/mol. The summed E-state index contributed by atoms with van der Waals surface area (Å²) in [5, 5.41) is 0.378. The zero-order valence-electron chi connectivity index (χ0n) is 9.04. The largest absolute Gasteiger partial charge is 0.412 e. The van der Waals surface area contributed by atoms with E-state index < -0.39 is 16.7 Å². The summed E-state index contributed by atoms with van der Waals surface area (Å²) >= 11 is 0. The molecule has 1 unspecified atom stereocenters. The molecule has 1 aliphatic carbocycles. The van der Waals surface area contributed by atoms with Crippen LogP contribution < -0.4 is 0 Å². The van der Waals surface area contributed by atoms with Crippen LogP contribution in [-0.4, -0.2) is 20.6 Å². The van der Waals surface area contributed by atoms with Gasteiger partial charge < -0.3 is 5.48 Å². The van der Waals surface area contributed by atoms with Crippen LogP contribution in [-0.2, 0) is 10.8 Å². The topological polar surface area (TPSA) is 61.5 Å². The van der Waals surface area contributed by atoms with Gasteiger partial charge in [0.2, 0.25) is 0 Å². The highest BCUT2D eigenvalue weighted by atomic mass is 32.2. The molecule has 6 heteroatoms. The monoisotopic (exact) mass is 259 g/mol. The molecule has 3 nitrogen and oxygen atoms in total. The lowest BCUT2D eigenvalue weighted by Gasteiger charge is -2.19. The Labute approximate surface area is 99.6 Å². The molecule has 2 N–H and O–H groups in total. The average molecular weight is 259 g/mol. The number of aromatic nitrogens is 1. The highest BCUT2D eigenvalue weighted by Crippen LogP contribution is 2.35. The third-order valence-electron chi connectivity index (χ3n) is 2.21. The van der Waals surface area contributed by atoms with Crippen molar-refractivity contribution in [2.45, 2.75) is 24.3 Å². The van der Waals surface area contributed by atoms with Crippen molar-refractivity contribution in [3.8, 4) is 0 Å². The Morgan fingerprint density at radius 3 is 2.59 bits per heavy atom. The van der Waals surface area contributed by atoms with E-state index in [1.807, 2.05) is 0 Å². The Morgan fingerprint density at radius 1 is 1.47 bits per heavy atom. The molecule has 17 heavy (non-hydrogen) atoms. The van der Waals surface area contributed by atoms with Gasteiger partial charge in [-0.1, -0.05) is 6.07 Å². The standard InChI is InChI=1S/C11H9F2NOS.H2O/c1-11(12,13)8-6-9(7-8)16(15)10-4-2-3-5-14-10;/h2-5H,6H2,1H3;1H2.